The minimum atomic E-state index is -0.241. The van der Waals surface area contributed by atoms with Crippen molar-refractivity contribution in [1.82, 2.24) is 14.1 Å². The molecule has 0 unspecified atom stereocenters. The minimum absolute atomic E-state index is 0.0578. The van der Waals surface area contributed by atoms with Gasteiger partial charge in [-0.3, -0.25) is 9.36 Å². The third-order valence-electron chi connectivity index (χ3n) is 4.89. The smallest absolute Gasteiger partial charge is 0.278 e. The zero-order valence-electron chi connectivity index (χ0n) is 16.4. The third-order valence-corrected chi connectivity index (χ3v) is 5.91. The molecule has 0 aliphatic heterocycles. The first-order valence-corrected chi connectivity index (χ1v) is 10.6. The van der Waals surface area contributed by atoms with E-state index in [1.165, 1.54) is 17.8 Å². The van der Waals surface area contributed by atoms with E-state index in [4.69, 9.17) is 4.98 Å². The van der Waals surface area contributed by atoms with Gasteiger partial charge in [0.05, 0.1) is 0 Å². The van der Waals surface area contributed by atoms with Crippen LogP contribution in [0.5, 0.6) is 0 Å². The average molecular weight is 408 g/mol. The first kappa shape index (κ1) is 19.5. The summed E-state index contributed by atoms with van der Waals surface area (Å²) < 4.78 is 17.6. The highest BCUT2D eigenvalue weighted by Gasteiger charge is 2.18. The van der Waals surface area contributed by atoms with Crippen molar-refractivity contribution in [2.24, 2.45) is 7.05 Å². The van der Waals surface area contributed by atoms with Crippen molar-refractivity contribution in [2.75, 3.05) is 0 Å². The zero-order chi connectivity index (χ0) is 20.4. The van der Waals surface area contributed by atoms with E-state index >= 15 is 0 Å². The van der Waals surface area contributed by atoms with Gasteiger partial charge in [-0.1, -0.05) is 67.2 Å². The number of hydrogen-bond donors (Lipinski definition) is 0. The Labute approximate surface area is 173 Å². The van der Waals surface area contributed by atoms with Crippen LogP contribution in [-0.4, -0.2) is 14.1 Å². The van der Waals surface area contributed by atoms with E-state index in [0.717, 1.165) is 17.5 Å². The Kier molecular flexibility index (Phi) is 5.53. The van der Waals surface area contributed by atoms with E-state index in [2.05, 4.69) is 0 Å². The second kappa shape index (κ2) is 8.25. The van der Waals surface area contributed by atoms with Gasteiger partial charge in [0.1, 0.15) is 16.9 Å². The Hall–Kier alpha value is -2.86. The van der Waals surface area contributed by atoms with Gasteiger partial charge in [-0.2, -0.15) is 0 Å². The van der Waals surface area contributed by atoms with E-state index in [-0.39, 0.29) is 11.4 Å². The molecule has 0 saturated heterocycles. The molecule has 0 spiro atoms. The number of benzene rings is 2. The van der Waals surface area contributed by atoms with Crippen LogP contribution in [0.1, 0.15) is 18.9 Å². The topological polar surface area (TPSA) is 39.8 Å². The summed E-state index contributed by atoms with van der Waals surface area (Å²) in [5.41, 5.74) is 3.77. The van der Waals surface area contributed by atoms with Crippen molar-refractivity contribution >= 4 is 22.8 Å². The first-order chi connectivity index (χ1) is 14.1. The highest BCUT2D eigenvalue weighted by molar-refractivity contribution is 7.98. The molecular weight excluding hydrogens is 385 g/mol. The molecule has 148 valence electrons. The Morgan fingerprint density at radius 2 is 1.79 bits per heavy atom. The molecule has 0 amide bonds. The lowest BCUT2D eigenvalue weighted by atomic mass is 10.1. The van der Waals surface area contributed by atoms with Crippen LogP contribution in [0.15, 0.2) is 70.7 Å². The number of aryl methyl sites for hydroxylation is 1. The molecule has 0 radical (unpaired) electrons. The number of hydrogen-bond acceptors (Lipinski definition) is 3. The molecule has 2 aromatic carbocycles. The van der Waals surface area contributed by atoms with Crippen LogP contribution in [0.4, 0.5) is 4.39 Å². The van der Waals surface area contributed by atoms with E-state index in [9.17, 15) is 9.18 Å². The molecule has 0 aliphatic rings. The first-order valence-electron chi connectivity index (χ1n) is 9.61. The second-order valence-electron chi connectivity index (χ2n) is 6.95. The number of aromatic nitrogens is 3. The molecule has 0 bridgehead atoms. The van der Waals surface area contributed by atoms with Crippen molar-refractivity contribution in [3.63, 3.8) is 0 Å². The zero-order valence-corrected chi connectivity index (χ0v) is 17.2. The van der Waals surface area contributed by atoms with Gasteiger partial charge >= 0.3 is 0 Å². The molecule has 0 saturated carbocycles. The van der Waals surface area contributed by atoms with Crippen molar-refractivity contribution in [3.05, 3.63) is 82.5 Å². The summed E-state index contributed by atoms with van der Waals surface area (Å²) in [7, 11) is 1.88. The standard InChI is InChI=1S/C23H22FN3OS/c1-3-13-27-22(28)21-20(18(14-26(21)2)16-9-5-4-6-10-16)25-23(27)29-15-17-11-7-8-12-19(17)24/h4-12,14H,3,13,15H2,1-2H3. The van der Waals surface area contributed by atoms with Crippen LogP contribution >= 0.6 is 11.8 Å². The quantitative estimate of drug-likeness (QED) is 0.324. The Balaban J connectivity index is 1.85. The maximum absolute atomic E-state index is 14.1. The number of nitrogens with zero attached hydrogens (tertiary/aromatic N) is 3. The molecule has 4 aromatic rings. The fourth-order valence-electron chi connectivity index (χ4n) is 3.47. The highest BCUT2D eigenvalue weighted by atomic mass is 32.2. The van der Waals surface area contributed by atoms with Crippen LogP contribution in [-0.2, 0) is 19.3 Å². The number of rotatable bonds is 6. The number of halogens is 1. The van der Waals surface area contributed by atoms with Crippen LogP contribution in [0.3, 0.4) is 0 Å². The number of fused-ring (bicyclic) bond motifs is 1. The summed E-state index contributed by atoms with van der Waals surface area (Å²) in [4.78, 5) is 18.2. The normalized spacial score (nSPS) is 11.3. The van der Waals surface area contributed by atoms with Gasteiger partial charge < -0.3 is 4.57 Å². The molecule has 6 heteroatoms. The minimum Gasteiger partial charge on any atom is -0.344 e. The molecule has 4 rings (SSSR count). The van der Waals surface area contributed by atoms with Gasteiger partial charge in [-0.25, -0.2) is 9.37 Å². The van der Waals surface area contributed by atoms with Crippen LogP contribution in [0.2, 0.25) is 0 Å². The lowest BCUT2D eigenvalue weighted by Crippen LogP contribution is -2.24. The summed E-state index contributed by atoms with van der Waals surface area (Å²) >= 11 is 1.40. The molecule has 0 fully saturated rings. The van der Waals surface area contributed by atoms with Crippen LogP contribution < -0.4 is 5.56 Å². The molecule has 2 heterocycles. The van der Waals surface area contributed by atoms with Crippen molar-refractivity contribution in [2.45, 2.75) is 30.8 Å². The van der Waals surface area contributed by atoms with Gasteiger partial charge in [0.25, 0.3) is 5.56 Å². The van der Waals surface area contributed by atoms with Crippen LogP contribution in [0, 0.1) is 5.82 Å². The van der Waals surface area contributed by atoms with Crippen molar-refractivity contribution in [1.29, 1.82) is 0 Å². The SMILES string of the molecule is CCCn1c(SCc2ccccc2F)nc2c(-c3ccccc3)cn(C)c2c1=O. The van der Waals surface area contributed by atoms with Gasteiger partial charge in [0.15, 0.2) is 5.16 Å². The van der Waals surface area contributed by atoms with Crippen LogP contribution in [0.25, 0.3) is 22.2 Å². The Morgan fingerprint density at radius 3 is 2.52 bits per heavy atom. The lowest BCUT2D eigenvalue weighted by Gasteiger charge is -2.12. The van der Waals surface area contributed by atoms with E-state index in [1.807, 2.05) is 61.1 Å². The summed E-state index contributed by atoms with van der Waals surface area (Å²) in [6.45, 7) is 2.61. The molecule has 2 aromatic heterocycles. The predicted octanol–water partition coefficient (Wildman–Crippen LogP) is 5.24. The summed E-state index contributed by atoms with van der Waals surface area (Å²) in [5, 5.41) is 0.621. The van der Waals surface area contributed by atoms with Gasteiger partial charge in [-0.15, -0.1) is 0 Å². The van der Waals surface area contributed by atoms with E-state index in [0.29, 0.717) is 34.1 Å². The summed E-state index contributed by atoms with van der Waals surface area (Å²) in [6, 6.07) is 16.7. The predicted molar refractivity (Wildman–Crippen MR) is 117 cm³/mol. The van der Waals surface area contributed by atoms with Gasteiger partial charge in [0, 0.05) is 31.1 Å². The summed E-state index contributed by atoms with van der Waals surface area (Å²) in [6.07, 6.45) is 2.77. The highest BCUT2D eigenvalue weighted by Crippen LogP contribution is 2.30. The van der Waals surface area contributed by atoms with Crippen molar-refractivity contribution < 1.29 is 4.39 Å². The number of thioether (sulfide) groups is 1. The molecular formula is C23H22FN3OS. The van der Waals surface area contributed by atoms with E-state index in [1.54, 1.807) is 16.7 Å². The fraction of sp³-hybridized carbons (Fsp3) is 0.217. The monoisotopic (exact) mass is 407 g/mol. The summed E-state index contributed by atoms with van der Waals surface area (Å²) in [5.74, 6) is 0.178. The average Bonchev–Trinajstić information content (AvgIpc) is 3.07. The maximum atomic E-state index is 14.1. The van der Waals surface area contributed by atoms with Crippen molar-refractivity contribution in [3.8, 4) is 11.1 Å². The Bertz CT molecular complexity index is 1210. The second-order valence-corrected chi connectivity index (χ2v) is 7.89. The molecule has 4 nitrogen and oxygen atoms in total. The lowest BCUT2D eigenvalue weighted by molar-refractivity contribution is 0.582. The van der Waals surface area contributed by atoms with Gasteiger partial charge in [0.2, 0.25) is 0 Å². The fourth-order valence-corrected chi connectivity index (χ4v) is 4.47. The largest absolute Gasteiger partial charge is 0.344 e. The molecule has 29 heavy (non-hydrogen) atoms. The van der Waals surface area contributed by atoms with Gasteiger partial charge in [-0.05, 0) is 23.6 Å². The molecule has 0 aliphatic carbocycles. The third kappa shape index (κ3) is 3.72. The molecule has 0 N–H and O–H groups in total. The molecule has 0 atom stereocenters. The van der Waals surface area contributed by atoms with E-state index < -0.39 is 0 Å². The maximum Gasteiger partial charge on any atom is 0.278 e. The Morgan fingerprint density at radius 1 is 1.07 bits per heavy atom.